The highest BCUT2D eigenvalue weighted by molar-refractivity contribution is 4.97. The van der Waals surface area contributed by atoms with E-state index in [1.54, 1.807) is 0 Å². The van der Waals surface area contributed by atoms with Crippen LogP contribution in [-0.2, 0) is 33.2 Å². The Labute approximate surface area is 240 Å². The van der Waals surface area contributed by atoms with Crippen LogP contribution in [0.3, 0.4) is 0 Å². The molecule has 0 aromatic heterocycles. The topological polar surface area (TPSA) is 287 Å². The number of rotatable bonds is 7. The highest BCUT2D eigenvalue weighted by Crippen LogP contribution is 2.35. The van der Waals surface area contributed by atoms with Crippen molar-refractivity contribution in [3.63, 3.8) is 0 Å². The fraction of sp³-hybridized carbons (Fsp3) is 1.00. The molecule has 4 heterocycles. The largest absolute Gasteiger partial charge is 0.394 e. The predicted molar refractivity (Wildman–Crippen MR) is 130 cm³/mol. The molecule has 0 bridgehead atoms. The molecule has 0 aliphatic carbocycles. The molecular formula is C24H42O18. The summed E-state index contributed by atoms with van der Waals surface area (Å²) >= 11 is 0. The molecule has 4 saturated heterocycles. The zero-order chi connectivity index (χ0) is 31.2. The van der Waals surface area contributed by atoms with E-state index in [0.717, 1.165) is 0 Å². The van der Waals surface area contributed by atoms with Crippen LogP contribution in [0.1, 0.15) is 20.8 Å². The molecule has 0 aromatic rings. The lowest BCUT2D eigenvalue weighted by molar-refractivity contribution is -0.401. The van der Waals surface area contributed by atoms with Crippen molar-refractivity contribution in [1.29, 1.82) is 0 Å². The average Bonchev–Trinajstić information content (AvgIpc) is 2.95. The van der Waals surface area contributed by atoms with Crippen molar-refractivity contribution in [3.8, 4) is 0 Å². The summed E-state index contributed by atoms with van der Waals surface area (Å²) in [5.41, 5.74) is 0. The quantitative estimate of drug-likeness (QED) is 0.126. The van der Waals surface area contributed by atoms with E-state index in [0.29, 0.717) is 0 Å². The molecule has 0 aromatic carbocycles. The Bertz CT molecular complexity index is 867. The van der Waals surface area contributed by atoms with Crippen LogP contribution in [0.4, 0.5) is 0 Å². The third kappa shape index (κ3) is 6.62. The van der Waals surface area contributed by atoms with E-state index in [9.17, 15) is 56.2 Å². The van der Waals surface area contributed by atoms with Crippen molar-refractivity contribution < 1.29 is 89.3 Å². The van der Waals surface area contributed by atoms with Gasteiger partial charge in [-0.15, -0.1) is 0 Å². The van der Waals surface area contributed by atoms with Gasteiger partial charge in [-0.1, -0.05) is 0 Å². The van der Waals surface area contributed by atoms with Gasteiger partial charge in [0.25, 0.3) is 0 Å². The molecule has 18 nitrogen and oxygen atoms in total. The zero-order valence-corrected chi connectivity index (χ0v) is 23.0. The summed E-state index contributed by atoms with van der Waals surface area (Å²) in [5, 5.41) is 113. The number of hydrogen-bond acceptors (Lipinski definition) is 18. The molecule has 4 fully saturated rings. The number of hydrogen-bond donors (Lipinski definition) is 11. The van der Waals surface area contributed by atoms with Crippen molar-refractivity contribution in [2.24, 2.45) is 0 Å². The maximum Gasteiger partial charge on any atom is 0.187 e. The zero-order valence-electron chi connectivity index (χ0n) is 23.0. The van der Waals surface area contributed by atoms with Crippen molar-refractivity contribution in [3.05, 3.63) is 0 Å². The van der Waals surface area contributed by atoms with Gasteiger partial charge < -0.3 is 89.3 Å². The van der Waals surface area contributed by atoms with Crippen LogP contribution in [-0.4, -0.2) is 186 Å². The number of aliphatic hydroxyl groups is 11. The Morgan fingerprint density at radius 3 is 1.31 bits per heavy atom. The molecule has 0 saturated carbocycles. The van der Waals surface area contributed by atoms with E-state index < -0.39 is 129 Å². The fourth-order valence-electron chi connectivity index (χ4n) is 5.37. The van der Waals surface area contributed by atoms with E-state index >= 15 is 0 Å². The van der Waals surface area contributed by atoms with E-state index in [-0.39, 0.29) is 0 Å². The molecule has 0 amide bonds. The molecule has 42 heavy (non-hydrogen) atoms. The first-order valence-electron chi connectivity index (χ1n) is 13.7. The average molecular weight is 619 g/mol. The smallest absolute Gasteiger partial charge is 0.187 e. The van der Waals surface area contributed by atoms with E-state index in [1.807, 2.05) is 0 Å². The van der Waals surface area contributed by atoms with Crippen LogP contribution in [0.15, 0.2) is 0 Å². The van der Waals surface area contributed by atoms with Crippen molar-refractivity contribution in [2.45, 2.75) is 144 Å². The third-order valence-corrected chi connectivity index (χ3v) is 8.08. The molecule has 20 atom stereocenters. The van der Waals surface area contributed by atoms with Gasteiger partial charge in [0.2, 0.25) is 0 Å². The SMILES string of the molecule is C[C@@H]1O[C@@H](O[C@@H]2[C@@H](O[C@@H]3O[C@@H](C)[C@H](O)[C@@H](O)[C@H]3O)[C@H](C)O[C@@H](O)[C@@H]2O[C@@H]2O[C@H](CO)[C@@H](O)[C@H](O)[C@H]2O)[C@H](O)[C@H](O)[C@H]1O. The summed E-state index contributed by atoms with van der Waals surface area (Å²) < 4.78 is 39.6. The first kappa shape index (κ1) is 34.2. The minimum atomic E-state index is -1.90. The van der Waals surface area contributed by atoms with E-state index in [2.05, 4.69) is 0 Å². The number of aliphatic hydroxyl groups excluding tert-OH is 11. The summed E-state index contributed by atoms with van der Waals surface area (Å²) in [5.74, 6) is 0. The maximum absolute atomic E-state index is 10.9. The van der Waals surface area contributed by atoms with Gasteiger partial charge in [-0.05, 0) is 20.8 Å². The lowest BCUT2D eigenvalue weighted by Crippen LogP contribution is -2.67. The fourth-order valence-corrected chi connectivity index (χ4v) is 5.37. The van der Waals surface area contributed by atoms with Crippen molar-refractivity contribution in [1.82, 2.24) is 0 Å². The van der Waals surface area contributed by atoms with Crippen molar-refractivity contribution >= 4 is 0 Å². The van der Waals surface area contributed by atoms with Gasteiger partial charge in [-0.3, -0.25) is 0 Å². The molecule has 4 rings (SSSR count). The van der Waals surface area contributed by atoms with Gasteiger partial charge in [0.15, 0.2) is 25.2 Å². The molecular weight excluding hydrogens is 576 g/mol. The van der Waals surface area contributed by atoms with Crippen LogP contribution < -0.4 is 0 Å². The van der Waals surface area contributed by atoms with Crippen LogP contribution in [0, 0.1) is 0 Å². The van der Waals surface area contributed by atoms with Gasteiger partial charge >= 0.3 is 0 Å². The van der Waals surface area contributed by atoms with Gasteiger partial charge in [-0.2, -0.15) is 0 Å². The minimum absolute atomic E-state index is 0.777. The molecule has 18 heteroatoms. The Hall–Kier alpha value is -0.720. The second kappa shape index (κ2) is 13.7. The summed E-state index contributed by atoms with van der Waals surface area (Å²) in [4.78, 5) is 0. The summed E-state index contributed by atoms with van der Waals surface area (Å²) in [7, 11) is 0. The maximum atomic E-state index is 10.9. The van der Waals surface area contributed by atoms with Crippen molar-refractivity contribution in [2.75, 3.05) is 6.61 Å². The highest BCUT2D eigenvalue weighted by atomic mass is 16.8. The molecule has 11 N–H and O–H groups in total. The highest BCUT2D eigenvalue weighted by Gasteiger charge is 2.55. The van der Waals surface area contributed by atoms with E-state index in [4.69, 9.17) is 33.2 Å². The van der Waals surface area contributed by atoms with Crippen LogP contribution in [0.25, 0.3) is 0 Å². The Balaban J connectivity index is 1.64. The Morgan fingerprint density at radius 1 is 0.429 bits per heavy atom. The van der Waals surface area contributed by atoms with Gasteiger partial charge in [-0.25, -0.2) is 0 Å². The van der Waals surface area contributed by atoms with E-state index in [1.165, 1.54) is 20.8 Å². The lowest BCUT2D eigenvalue weighted by atomic mass is 9.95. The van der Waals surface area contributed by atoms with Gasteiger partial charge in [0.1, 0.15) is 79.4 Å². The molecule has 0 unspecified atom stereocenters. The predicted octanol–water partition coefficient (Wildman–Crippen LogP) is -6.67. The molecule has 4 aliphatic rings. The lowest BCUT2D eigenvalue weighted by Gasteiger charge is -2.50. The number of ether oxygens (including phenoxy) is 7. The minimum Gasteiger partial charge on any atom is -0.394 e. The van der Waals surface area contributed by atoms with Crippen LogP contribution >= 0.6 is 0 Å². The molecule has 0 radical (unpaired) electrons. The Morgan fingerprint density at radius 2 is 0.833 bits per heavy atom. The third-order valence-electron chi connectivity index (χ3n) is 8.08. The second-order valence-electron chi connectivity index (χ2n) is 11.1. The monoisotopic (exact) mass is 618 g/mol. The first-order valence-corrected chi connectivity index (χ1v) is 13.7. The molecule has 4 aliphatic heterocycles. The van der Waals surface area contributed by atoms with Crippen LogP contribution in [0.5, 0.6) is 0 Å². The second-order valence-corrected chi connectivity index (χ2v) is 11.1. The van der Waals surface area contributed by atoms with Gasteiger partial charge in [0, 0.05) is 0 Å². The van der Waals surface area contributed by atoms with Crippen LogP contribution in [0.2, 0.25) is 0 Å². The molecule has 246 valence electrons. The first-order chi connectivity index (χ1) is 19.7. The normalized spacial score (nSPS) is 55.9. The summed E-state index contributed by atoms with van der Waals surface area (Å²) in [6.45, 7) is 3.46. The standard InChI is InChI=1S/C24H42O18/c1-5-9(26)12(29)15(32)22(37-5)40-18-7(3)36-21(35)20(42-24-17(34)14(31)11(28)8(4-25)39-24)19(18)41-23-16(33)13(30)10(27)6(2)38-23/h5-35H,4H2,1-3H3/t5-,6-,7-,8+,9-,10-,11+,12+,13+,14-,15+,16+,17+,18-,19+,20+,21+,22-,23-,24-/m0/s1. The van der Waals surface area contributed by atoms with Gasteiger partial charge in [0.05, 0.1) is 24.9 Å². The Kier molecular flexibility index (Phi) is 11.2. The molecule has 0 spiro atoms. The summed E-state index contributed by atoms with van der Waals surface area (Å²) in [6, 6.07) is 0. The summed E-state index contributed by atoms with van der Waals surface area (Å²) in [6.07, 6.45) is -31.5.